The minimum atomic E-state index is -3.49. The van der Waals surface area contributed by atoms with Gasteiger partial charge in [0, 0.05) is 19.5 Å². The maximum Gasteiger partial charge on any atom is 0.306 e. The Bertz CT molecular complexity index is 917. The summed E-state index contributed by atoms with van der Waals surface area (Å²) in [5, 5.41) is 0. The van der Waals surface area contributed by atoms with Gasteiger partial charge in [-0.15, -0.1) is 0 Å². The number of hydrogen-bond acceptors (Lipinski definition) is 5. The van der Waals surface area contributed by atoms with E-state index in [-0.39, 0.29) is 23.9 Å². The van der Waals surface area contributed by atoms with Crippen molar-refractivity contribution < 1.29 is 22.7 Å². The van der Waals surface area contributed by atoms with Gasteiger partial charge in [-0.3, -0.25) is 4.79 Å². The van der Waals surface area contributed by atoms with Gasteiger partial charge in [0.15, 0.2) is 0 Å². The second kappa shape index (κ2) is 10.3. The average molecular weight is 416 g/mol. The van der Waals surface area contributed by atoms with Crippen LogP contribution in [0.3, 0.4) is 0 Å². The van der Waals surface area contributed by atoms with Gasteiger partial charge in [-0.05, 0) is 35.8 Å². The van der Waals surface area contributed by atoms with Gasteiger partial charge in [-0.25, -0.2) is 8.42 Å². The average Bonchev–Trinajstić information content (AvgIpc) is 2.77. The topological polar surface area (TPSA) is 72.9 Å². The molecule has 0 unspecified atom stereocenters. The summed E-state index contributed by atoms with van der Waals surface area (Å²) < 4.78 is 37.1. The maximum absolute atomic E-state index is 12.6. The zero-order valence-electron chi connectivity index (χ0n) is 16.2. The predicted octanol–water partition coefficient (Wildman–Crippen LogP) is 2.90. The quantitative estimate of drug-likeness (QED) is 0.620. The molecule has 1 aliphatic rings. The number of rotatable bonds is 8. The van der Waals surface area contributed by atoms with Crippen LogP contribution in [0.25, 0.3) is 6.08 Å². The first-order chi connectivity index (χ1) is 14.1. The van der Waals surface area contributed by atoms with E-state index in [0.717, 1.165) is 11.1 Å². The molecule has 0 saturated carbocycles. The van der Waals surface area contributed by atoms with Crippen LogP contribution >= 0.6 is 0 Å². The number of aryl methyl sites for hydroxylation is 1. The minimum Gasteiger partial charge on any atom is -0.461 e. The highest BCUT2D eigenvalue weighted by Gasteiger charge is 2.26. The van der Waals surface area contributed by atoms with E-state index in [2.05, 4.69) is 0 Å². The van der Waals surface area contributed by atoms with Crippen molar-refractivity contribution >= 4 is 22.1 Å². The molecule has 2 aromatic rings. The highest BCUT2D eigenvalue weighted by atomic mass is 32.2. The Morgan fingerprint density at radius 1 is 1.03 bits per heavy atom. The summed E-state index contributed by atoms with van der Waals surface area (Å²) >= 11 is 0. The number of morpholine rings is 1. The third-order valence-electron chi connectivity index (χ3n) is 4.60. The molecule has 0 spiro atoms. The van der Waals surface area contributed by atoms with Crippen LogP contribution in [0.4, 0.5) is 0 Å². The van der Waals surface area contributed by atoms with Crippen LogP contribution in [0.15, 0.2) is 65.6 Å². The summed E-state index contributed by atoms with van der Waals surface area (Å²) in [6.07, 6.45) is 4.45. The fraction of sp³-hybridized carbons (Fsp3) is 0.318. The predicted molar refractivity (Wildman–Crippen MR) is 111 cm³/mol. The number of nitrogens with zero attached hydrogens (tertiary/aromatic N) is 1. The molecule has 1 heterocycles. The first-order valence-corrected chi connectivity index (χ1v) is 11.0. The summed E-state index contributed by atoms with van der Waals surface area (Å²) in [4.78, 5) is 12.2. The van der Waals surface area contributed by atoms with Crippen LogP contribution in [-0.2, 0) is 30.7 Å². The third kappa shape index (κ3) is 6.25. The SMILES string of the molecule is O=C(CCc1ccc(S(=O)(=O)N2CCOCC2)cc1)OC/C=C/c1ccccc1. The number of carbonyl (C=O) groups is 1. The number of hydrogen-bond donors (Lipinski definition) is 0. The van der Waals surface area contributed by atoms with Gasteiger partial charge >= 0.3 is 5.97 Å². The van der Waals surface area contributed by atoms with Crippen LogP contribution in [0, 0.1) is 0 Å². The van der Waals surface area contributed by atoms with Crippen molar-refractivity contribution in [2.75, 3.05) is 32.9 Å². The lowest BCUT2D eigenvalue weighted by Crippen LogP contribution is -2.40. The summed E-state index contributed by atoms with van der Waals surface area (Å²) in [6, 6.07) is 16.5. The molecule has 0 radical (unpaired) electrons. The smallest absolute Gasteiger partial charge is 0.306 e. The lowest BCUT2D eigenvalue weighted by Gasteiger charge is -2.26. The fourth-order valence-corrected chi connectivity index (χ4v) is 4.38. The Labute approximate surface area is 171 Å². The highest BCUT2D eigenvalue weighted by molar-refractivity contribution is 7.89. The lowest BCUT2D eigenvalue weighted by atomic mass is 10.1. The van der Waals surface area contributed by atoms with Crippen molar-refractivity contribution in [3.05, 3.63) is 71.8 Å². The minimum absolute atomic E-state index is 0.227. The molecule has 154 valence electrons. The molecule has 7 heteroatoms. The van der Waals surface area contributed by atoms with E-state index in [1.54, 1.807) is 30.3 Å². The number of carbonyl (C=O) groups excluding carboxylic acids is 1. The Morgan fingerprint density at radius 2 is 1.72 bits per heavy atom. The Kier molecular flexibility index (Phi) is 7.57. The van der Waals surface area contributed by atoms with Crippen molar-refractivity contribution in [1.82, 2.24) is 4.31 Å². The maximum atomic E-state index is 12.6. The van der Waals surface area contributed by atoms with E-state index in [0.29, 0.717) is 32.7 Å². The van der Waals surface area contributed by atoms with Crippen LogP contribution in [0.5, 0.6) is 0 Å². The molecular formula is C22H25NO5S. The molecule has 29 heavy (non-hydrogen) atoms. The highest BCUT2D eigenvalue weighted by Crippen LogP contribution is 2.18. The molecule has 0 atom stereocenters. The first kappa shape index (κ1) is 21.2. The van der Waals surface area contributed by atoms with Gasteiger partial charge in [0.1, 0.15) is 6.61 Å². The summed E-state index contributed by atoms with van der Waals surface area (Å²) in [5.74, 6) is -0.285. The monoisotopic (exact) mass is 415 g/mol. The summed E-state index contributed by atoms with van der Waals surface area (Å²) in [6.45, 7) is 1.80. The molecule has 0 aliphatic carbocycles. The molecule has 1 saturated heterocycles. The van der Waals surface area contributed by atoms with Crippen molar-refractivity contribution in [3.63, 3.8) is 0 Å². The third-order valence-corrected chi connectivity index (χ3v) is 6.51. The van der Waals surface area contributed by atoms with Crippen LogP contribution in [0.2, 0.25) is 0 Å². The Hall–Kier alpha value is -2.48. The zero-order valence-corrected chi connectivity index (χ0v) is 17.0. The van der Waals surface area contributed by atoms with Gasteiger partial charge in [0.25, 0.3) is 0 Å². The number of sulfonamides is 1. The lowest BCUT2D eigenvalue weighted by molar-refractivity contribution is -0.142. The number of benzene rings is 2. The molecule has 0 bridgehead atoms. The zero-order chi connectivity index (χ0) is 20.5. The van der Waals surface area contributed by atoms with E-state index < -0.39 is 10.0 Å². The van der Waals surface area contributed by atoms with Crippen molar-refractivity contribution in [3.8, 4) is 0 Å². The van der Waals surface area contributed by atoms with E-state index >= 15 is 0 Å². The van der Waals surface area contributed by atoms with Crippen LogP contribution in [0.1, 0.15) is 17.5 Å². The summed E-state index contributed by atoms with van der Waals surface area (Å²) in [5.41, 5.74) is 1.94. The molecule has 6 nitrogen and oxygen atoms in total. The number of ether oxygens (including phenoxy) is 2. The fourth-order valence-electron chi connectivity index (χ4n) is 2.97. The summed E-state index contributed by atoms with van der Waals surface area (Å²) in [7, 11) is -3.49. The van der Waals surface area contributed by atoms with Gasteiger partial charge in [0.05, 0.1) is 18.1 Å². The molecule has 3 rings (SSSR count). The molecule has 0 aromatic heterocycles. The van der Waals surface area contributed by atoms with Crippen LogP contribution in [-0.4, -0.2) is 51.6 Å². The molecule has 0 amide bonds. The molecule has 1 fully saturated rings. The number of esters is 1. The molecular weight excluding hydrogens is 390 g/mol. The van der Waals surface area contributed by atoms with Gasteiger partial charge < -0.3 is 9.47 Å². The van der Waals surface area contributed by atoms with Gasteiger partial charge in [-0.1, -0.05) is 48.5 Å². The largest absolute Gasteiger partial charge is 0.461 e. The Morgan fingerprint density at radius 3 is 2.41 bits per heavy atom. The standard InChI is InChI=1S/C22H25NO5S/c24-22(28-16-4-7-19-5-2-1-3-6-19)13-10-20-8-11-21(12-9-20)29(25,26)23-14-17-27-18-15-23/h1-9,11-12H,10,13-18H2/b7-4+. The first-order valence-electron chi connectivity index (χ1n) is 9.60. The normalized spacial score (nSPS) is 15.4. The second-order valence-electron chi connectivity index (χ2n) is 6.66. The van der Waals surface area contributed by atoms with Gasteiger partial charge in [-0.2, -0.15) is 4.31 Å². The van der Waals surface area contributed by atoms with Gasteiger partial charge in [0.2, 0.25) is 10.0 Å². The molecule has 1 aliphatic heterocycles. The van der Waals surface area contributed by atoms with E-state index in [4.69, 9.17) is 9.47 Å². The molecule has 2 aromatic carbocycles. The van der Waals surface area contributed by atoms with E-state index in [9.17, 15) is 13.2 Å². The van der Waals surface area contributed by atoms with E-state index in [1.807, 2.05) is 36.4 Å². The van der Waals surface area contributed by atoms with E-state index in [1.165, 1.54) is 4.31 Å². The molecule has 0 N–H and O–H groups in total. The van der Waals surface area contributed by atoms with Crippen LogP contribution < -0.4 is 0 Å². The second-order valence-corrected chi connectivity index (χ2v) is 8.59. The van der Waals surface area contributed by atoms with Crippen molar-refractivity contribution in [2.24, 2.45) is 0 Å². The van der Waals surface area contributed by atoms with Crippen molar-refractivity contribution in [2.45, 2.75) is 17.7 Å². The van der Waals surface area contributed by atoms with Crippen molar-refractivity contribution in [1.29, 1.82) is 0 Å². The Balaban J connectivity index is 1.45.